The lowest BCUT2D eigenvalue weighted by atomic mass is 9.92. The molecule has 10 heavy (non-hydrogen) atoms. The van der Waals surface area contributed by atoms with Crippen molar-refractivity contribution in [1.29, 1.82) is 0 Å². The molecular weight excluding hydrogens is 127 g/mol. The van der Waals surface area contributed by atoms with Crippen LogP contribution < -0.4 is 0 Å². The quantitative estimate of drug-likeness (QED) is 0.448. The number of unbranched alkanes of at least 4 members (excludes halogenated alkanes) is 2. The first-order valence-corrected chi connectivity index (χ1v) is 3.73. The van der Waals surface area contributed by atoms with E-state index in [4.69, 9.17) is 9.68 Å². The Labute approximate surface area is 63.0 Å². The fourth-order valence-electron chi connectivity index (χ4n) is 0.624. The Balaban J connectivity index is 2.95. The van der Waals surface area contributed by atoms with E-state index in [1.54, 1.807) is 0 Å². The van der Waals surface area contributed by atoms with Crippen molar-refractivity contribution in [2.75, 3.05) is 6.61 Å². The monoisotopic (exact) mass is 142 g/mol. The van der Waals surface area contributed by atoms with Crippen molar-refractivity contribution in [3.05, 3.63) is 12.6 Å². The molecule has 0 amide bonds. The molecule has 0 aliphatic carbocycles. The molecule has 0 aromatic heterocycles. The van der Waals surface area contributed by atoms with E-state index in [0.29, 0.717) is 6.61 Å². The van der Waals surface area contributed by atoms with E-state index in [2.05, 4.69) is 13.5 Å². The van der Waals surface area contributed by atoms with Crippen molar-refractivity contribution in [2.24, 2.45) is 0 Å². The molecule has 0 aromatic carbocycles. The van der Waals surface area contributed by atoms with Gasteiger partial charge in [-0.15, -0.1) is 6.58 Å². The van der Waals surface area contributed by atoms with Crippen molar-refractivity contribution in [3.8, 4) is 0 Å². The largest absolute Gasteiger partial charge is 0.482 e. The Morgan fingerprint density at radius 1 is 1.60 bits per heavy atom. The van der Waals surface area contributed by atoms with Crippen LogP contribution in [0.2, 0.25) is 0 Å². The maximum atomic E-state index is 8.82. The molecule has 0 rings (SSSR count). The van der Waals surface area contributed by atoms with E-state index >= 15 is 0 Å². The van der Waals surface area contributed by atoms with Crippen LogP contribution in [0.4, 0.5) is 0 Å². The molecule has 0 saturated carbocycles. The minimum absolute atomic E-state index is 0.626. The normalized spacial score (nSPS) is 9.40. The Morgan fingerprint density at radius 3 is 2.80 bits per heavy atom. The Morgan fingerprint density at radius 2 is 2.30 bits per heavy atom. The third-order valence-corrected chi connectivity index (χ3v) is 1.24. The van der Waals surface area contributed by atoms with Crippen LogP contribution in [0, 0.1) is 0 Å². The van der Waals surface area contributed by atoms with Gasteiger partial charge in [-0.05, 0) is 6.42 Å². The minimum Gasteiger partial charge on any atom is -0.423 e. The predicted octanol–water partition coefficient (Wildman–Crippen LogP) is 1.40. The second kappa shape index (κ2) is 6.84. The summed E-state index contributed by atoms with van der Waals surface area (Å²) in [6.45, 7) is 6.14. The third kappa shape index (κ3) is 5.85. The molecule has 58 valence electrons. The van der Waals surface area contributed by atoms with Gasteiger partial charge in [-0.1, -0.05) is 25.7 Å². The molecule has 0 radical (unpaired) electrons. The highest BCUT2D eigenvalue weighted by atomic mass is 16.5. The van der Waals surface area contributed by atoms with Gasteiger partial charge < -0.3 is 9.68 Å². The molecule has 0 atom stereocenters. The highest BCUT2D eigenvalue weighted by Gasteiger charge is 2.04. The summed E-state index contributed by atoms with van der Waals surface area (Å²) in [5.41, 5.74) is 0. The van der Waals surface area contributed by atoms with E-state index < -0.39 is 7.12 Å². The lowest BCUT2D eigenvalue weighted by Gasteiger charge is -2.01. The summed E-state index contributed by atoms with van der Waals surface area (Å²) in [5, 5.41) is 8.82. The van der Waals surface area contributed by atoms with Crippen LogP contribution in [-0.4, -0.2) is 18.7 Å². The van der Waals surface area contributed by atoms with Crippen LogP contribution in [0.25, 0.3) is 0 Å². The molecular formula is C7H15BO2. The maximum Gasteiger partial charge on any atom is 0.482 e. The van der Waals surface area contributed by atoms with Gasteiger partial charge in [-0.2, -0.15) is 0 Å². The van der Waals surface area contributed by atoms with E-state index in [1.807, 2.05) is 0 Å². The first kappa shape index (κ1) is 9.72. The molecule has 0 saturated heterocycles. The standard InChI is InChI=1S/C7H15BO2/c1-3-5-6-7-10-8(9)4-2/h4,9H,2-3,5-7H2,1H3. The third-order valence-electron chi connectivity index (χ3n) is 1.24. The first-order valence-electron chi connectivity index (χ1n) is 3.73. The van der Waals surface area contributed by atoms with Crippen LogP contribution in [-0.2, 0) is 4.65 Å². The van der Waals surface area contributed by atoms with Gasteiger partial charge in [-0.3, -0.25) is 0 Å². The van der Waals surface area contributed by atoms with Crippen LogP contribution in [0.15, 0.2) is 12.6 Å². The lowest BCUT2D eigenvalue weighted by molar-refractivity contribution is 0.261. The highest BCUT2D eigenvalue weighted by Crippen LogP contribution is 1.94. The van der Waals surface area contributed by atoms with Gasteiger partial charge in [0.05, 0.1) is 0 Å². The maximum absolute atomic E-state index is 8.82. The summed E-state index contributed by atoms with van der Waals surface area (Å²) in [7, 11) is -0.781. The van der Waals surface area contributed by atoms with Crippen molar-refractivity contribution < 1.29 is 9.68 Å². The van der Waals surface area contributed by atoms with Crippen LogP contribution in [0.1, 0.15) is 26.2 Å². The molecule has 1 N–H and O–H groups in total. The smallest absolute Gasteiger partial charge is 0.423 e. The zero-order valence-corrected chi connectivity index (χ0v) is 6.55. The predicted molar refractivity (Wildman–Crippen MR) is 43.6 cm³/mol. The molecule has 0 bridgehead atoms. The molecule has 0 heterocycles. The number of hydrogen-bond donors (Lipinski definition) is 1. The van der Waals surface area contributed by atoms with Crippen molar-refractivity contribution in [3.63, 3.8) is 0 Å². The Bertz CT molecular complexity index is 85.7. The SMILES string of the molecule is C=CB(O)OCCCCC. The minimum atomic E-state index is -0.781. The summed E-state index contributed by atoms with van der Waals surface area (Å²) < 4.78 is 4.93. The van der Waals surface area contributed by atoms with Crippen LogP contribution in [0.5, 0.6) is 0 Å². The second-order valence-corrected chi connectivity index (χ2v) is 2.20. The molecule has 2 nitrogen and oxygen atoms in total. The molecule has 0 unspecified atom stereocenters. The lowest BCUT2D eigenvalue weighted by Crippen LogP contribution is -2.14. The molecule has 0 aliphatic heterocycles. The summed E-state index contributed by atoms with van der Waals surface area (Å²) in [5.74, 6) is 1.38. The molecule has 0 spiro atoms. The summed E-state index contributed by atoms with van der Waals surface area (Å²) in [6, 6.07) is 0. The van der Waals surface area contributed by atoms with Crippen molar-refractivity contribution >= 4 is 7.12 Å². The molecule has 0 fully saturated rings. The topological polar surface area (TPSA) is 29.5 Å². The van der Waals surface area contributed by atoms with Gasteiger partial charge in [0, 0.05) is 6.61 Å². The fraction of sp³-hybridized carbons (Fsp3) is 0.714. The average molecular weight is 142 g/mol. The number of hydrogen-bond acceptors (Lipinski definition) is 2. The van der Waals surface area contributed by atoms with Crippen LogP contribution >= 0.6 is 0 Å². The van der Waals surface area contributed by atoms with Gasteiger partial charge in [0.25, 0.3) is 0 Å². The summed E-state index contributed by atoms with van der Waals surface area (Å²) in [4.78, 5) is 0. The van der Waals surface area contributed by atoms with Crippen molar-refractivity contribution in [2.45, 2.75) is 26.2 Å². The second-order valence-electron chi connectivity index (χ2n) is 2.20. The van der Waals surface area contributed by atoms with E-state index in [1.165, 1.54) is 12.4 Å². The highest BCUT2D eigenvalue weighted by molar-refractivity contribution is 6.48. The fourth-order valence-corrected chi connectivity index (χ4v) is 0.624. The van der Waals surface area contributed by atoms with Gasteiger partial charge in [0.2, 0.25) is 0 Å². The van der Waals surface area contributed by atoms with E-state index in [-0.39, 0.29) is 0 Å². The Kier molecular flexibility index (Phi) is 6.65. The van der Waals surface area contributed by atoms with Gasteiger partial charge >= 0.3 is 7.12 Å². The van der Waals surface area contributed by atoms with Gasteiger partial charge in [0.1, 0.15) is 0 Å². The first-order chi connectivity index (χ1) is 4.81. The van der Waals surface area contributed by atoms with Gasteiger partial charge in [0.15, 0.2) is 0 Å². The summed E-state index contributed by atoms with van der Waals surface area (Å²) in [6.07, 6.45) is 3.35. The molecule has 0 aliphatic rings. The summed E-state index contributed by atoms with van der Waals surface area (Å²) >= 11 is 0. The zero-order chi connectivity index (χ0) is 7.82. The number of rotatable bonds is 6. The van der Waals surface area contributed by atoms with Gasteiger partial charge in [-0.25, -0.2) is 0 Å². The van der Waals surface area contributed by atoms with Crippen molar-refractivity contribution in [1.82, 2.24) is 0 Å². The van der Waals surface area contributed by atoms with E-state index in [9.17, 15) is 0 Å². The zero-order valence-electron chi connectivity index (χ0n) is 6.55. The molecule has 3 heteroatoms. The average Bonchev–Trinajstić information content (AvgIpc) is 1.98. The van der Waals surface area contributed by atoms with E-state index in [0.717, 1.165) is 12.8 Å². The van der Waals surface area contributed by atoms with Crippen LogP contribution in [0.3, 0.4) is 0 Å². The molecule has 0 aromatic rings. The Hall–Kier alpha value is -0.275.